The summed E-state index contributed by atoms with van der Waals surface area (Å²) in [5.74, 6) is 0.601. The predicted octanol–water partition coefficient (Wildman–Crippen LogP) is 7.52. The molecule has 1 rings (SSSR count). The number of carbonyl (C=O) groups excluding carboxylic acids is 3. The molecule has 0 aliphatic carbocycles. The van der Waals surface area contributed by atoms with E-state index in [2.05, 4.69) is 6.92 Å². The van der Waals surface area contributed by atoms with Crippen molar-refractivity contribution in [3.8, 4) is 0 Å². The Morgan fingerprint density at radius 1 is 0.594 bits per heavy atom. The number of ketones is 2. The van der Waals surface area contributed by atoms with Gasteiger partial charge in [0.2, 0.25) is 0 Å². The average Bonchev–Trinajstić information content (AvgIpc) is 2.80. The van der Waals surface area contributed by atoms with Crippen molar-refractivity contribution in [1.29, 1.82) is 0 Å². The number of unbranched alkanes of at least 4 members (excludes halogenated alkanes) is 9. The van der Waals surface area contributed by atoms with Gasteiger partial charge >= 0.3 is 5.97 Å². The maximum Gasteiger partial charge on any atom is 0.306 e. The largest absolute Gasteiger partial charge is 0.461 e. The molecule has 0 fully saturated rings. The summed E-state index contributed by atoms with van der Waals surface area (Å²) < 4.78 is 5.27. The van der Waals surface area contributed by atoms with Gasteiger partial charge in [-0.3, -0.25) is 14.4 Å². The van der Waals surface area contributed by atoms with Crippen molar-refractivity contribution < 1.29 is 19.1 Å². The molecule has 0 heterocycles. The van der Waals surface area contributed by atoms with E-state index in [0.717, 1.165) is 69.8 Å². The van der Waals surface area contributed by atoms with Gasteiger partial charge in [0, 0.05) is 32.1 Å². The third-order valence-electron chi connectivity index (χ3n) is 5.80. The molecule has 1 aromatic rings. The number of benzene rings is 1. The number of Topliss-reactive ketones (excluding diaryl/α,β-unsaturated/α-hetero) is 2. The van der Waals surface area contributed by atoms with Crippen LogP contribution in [0.3, 0.4) is 0 Å². The number of ether oxygens (including phenoxy) is 1. The number of carbonyl (C=O) groups is 3. The number of hydrogen-bond acceptors (Lipinski definition) is 4. The Morgan fingerprint density at radius 2 is 1.03 bits per heavy atom. The van der Waals surface area contributed by atoms with Crippen molar-refractivity contribution in [2.75, 3.05) is 0 Å². The summed E-state index contributed by atoms with van der Waals surface area (Å²) in [6.07, 6.45) is 15.5. The zero-order chi connectivity index (χ0) is 23.3. The first-order chi connectivity index (χ1) is 15.6. The number of esters is 1. The highest BCUT2D eigenvalue weighted by Crippen LogP contribution is 2.12. The monoisotopic (exact) mass is 444 g/mol. The summed E-state index contributed by atoms with van der Waals surface area (Å²) >= 11 is 0. The molecular formula is C28H44O4. The first kappa shape index (κ1) is 28.1. The first-order valence-corrected chi connectivity index (χ1v) is 12.8. The van der Waals surface area contributed by atoms with Gasteiger partial charge in [0.05, 0.1) is 0 Å². The van der Waals surface area contributed by atoms with Gasteiger partial charge in [-0.1, -0.05) is 82.2 Å². The summed E-state index contributed by atoms with van der Waals surface area (Å²) in [5, 5.41) is 0. The molecule has 0 amide bonds. The van der Waals surface area contributed by atoms with Crippen LogP contribution in [0.2, 0.25) is 0 Å². The fourth-order valence-electron chi connectivity index (χ4n) is 3.75. The van der Waals surface area contributed by atoms with Crippen LogP contribution in [-0.2, 0) is 25.7 Å². The molecule has 0 aliphatic rings. The normalized spacial score (nSPS) is 10.8. The topological polar surface area (TPSA) is 60.4 Å². The third-order valence-corrected chi connectivity index (χ3v) is 5.80. The van der Waals surface area contributed by atoms with Gasteiger partial charge in [-0.2, -0.15) is 0 Å². The number of rotatable bonds is 21. The van der Waals surface area contributed by atoms with Gasteiger partial charge < -0.3 is 4.74 Å². The van der Waals surface area contributed by atoms with E-state index in [4.69, 9.17) is 4.74 Å². The van der Waals surface area contributed by atoms with Crippen LogP contribution in [-0.4, -0.2) is 17.5 Å². The highest BCUT2D eigenvalue weighted by molar-refractivity contribution is 5.78. The van der Waals surface area contributed by atoms with Crippen LogP contribution in [0.15, 0.2) is 30.3 Å². The standard InChI is InChI=1S/C28H44O4/c1-2-3-4-12-19-26(29)20-13-5-6-14-21-27(30)22-15-7-8-16-23-28(31)32-24-25-17-10-9-11-18-25/h9-11,17-18H,2-8,12-16,19-24H2,1H3. The minimum absolute atomic E-state index is 0.150. The van der Waals surface area contributed by atoms with Crippen LogP contribution < -0.4 is 0 Å². The predicted molar refractivity (Wildman–Crippen MR) is 130 cm³/mol. The molecule has 0 atom stereocenters. The van der Waals surface area contributed by atoms with Crippen molar-refractivity contribution in [2.24, 2.45) is 0 Å². The van der Waals surface area contributed by atoms with E-state index in [9.17, 15) is 14.4 Å². The molecule has 4 nitrogen and oxygen atoms in total. The Bertz CT molecular complexity index is 624. The molecule has 0 unspecified atom stereocenters. The second-order valence-corrected chi connectivity index (χ2v) is 8.86. The van der Waals surface area contributed by atoms with E-state index in [1.54, 1.807) is 0 Å². The molecular weight excluding hydrogens is 400 g/mol. The number of hydrogen-bond donors (Lipinski definition) is 0. The fourth-order valence-corrected chi connectivity index (χ4v) is 3.75. The lowest BCUT2D eigenvalue weighted by molar-refractivity contribution is -0.145. The van der Waals surface area contributed by atoms with Crippen LogP contribution in [0, 0.1) is 0 Å². The smallest absolute Gasteiger partial charge is 0.306 e. The van der Waals surface area contributed by atoms with Crippen LogP contribution in [0.1, 0.15) is 122 Å². The lowest BCUT2D eigenvalue weighted by Gasteiger charge is -2.05. The Labute approximate surface area is 195 Å². The molecule has 4 heteroatoms. The lowest BCUT2D eigenvalue weighted by atomic mass is 10.0. The van der Waals surface area contributed by atoms with E-state index in [1.165, 1.54) is 19.3 Å². The lowest BCUT2D eigenvalue weighted by Crippen LogP contribution is -2.04. The van der Waals surface area contributed by atoms with E-state index in [0.29, 0.717) is 43.9 Å². The highest BCUT2D eigenvalue weighted by atomic mass is 16.5. The minimum atomic E-state index is -0.150. The molecule has 0 spiro atoms. The van der Waals surface area contributed by atoms with Gasteiger partial charge in [-0.05, 0) is 37.7 Å². The third kappa shape index (κ3) is 16.7. The molecule has 0 saturated carbocycles. The zero-order valence-electron chi connectivity index (χ0n) is 20.2. The van der Waals surface area contributed by atoms with Gasteiger partial charge in [0.15, 0.2) is 0 Å². The van der Waals surface area contributed by atoms with E-state index in [-0.39, 0.29) is 5.97 Å². The quantitative estimate of drug-likeness (QED) is 0.145. The molecule has 1 aromatic carbocycles. The molecule has 32 heavy (non-hydrogen) atoms. The maximum atomic E-state index is 12.0. The fraction of sp³-hybridized carbons (Fsp3) is 0.679. The molecule has 0 bridgehead atoms. The van der Waals surface area contributed by atoms with Crippen LogP contribution in [0.4, 0.5) is 0 Å². The van der Waals surface area contributed by atoms with Crippen molar-refractivity contribution >= 4 is 17.5 Å². The van der Waals surface area contributed by atoms with Crippen LogP contribution in [0.5, 0.6) is 0 Å². The Kier molecular flexibility index (Phi) is 17.3. The molecule has 0 saturated heterocycles. The van der Waals surface area contributed by atoms with E-state index < -0.39 is 0 Å². The van der Waals surface area contributed by atoms with Crippen molar-refractivity contribution in [3.63, 3.8) is 0 Å². The first-order valence-electron chi connectivity index (χ1n) is 12.8. The Hall–Kier alpha value is -1.97. The molecule has 0 aliphatic heterocycles. The van der Waals surface area contributed by atoms with E-state index >= 15 is 0 Å². The summed E-state index contributed by atoms with van der Waals surface area (Å²) in [5.41, 5.74) is 1.01. The van der Waals surface area contributed by atoms with Crippen molar-refractivity contribution in [3.05, 3.63) is 35.9 Å². The highest BCUT2D eigenvalue weighted by Gasteiger charge is 2.06. The Morgan fingerprint density at radius 3 is 1.50 bits per heavy atom. The van der Waals surface area contributed by atoms with Gasteiger partial charge in [0.1, 0.15) is 18.2 Å². The summed E-state index contributed by atoms with van der Waals surface area (Å²) in [7, 11) is 0. The Balaban J connectivity index is 1.86. The molecule has 0 aromatic heterocycles. The van der Waals surface area contributed by atoms with Gasteiger partial charge in [-0.25, -0.2) is 0 Å². The minimum Gasteiger partial charge on any atom is -0.461 e. The van der Waals surface area contributed by atoms with Crippen molar-refractivity contribution in [2.45, 2.75) is 123 Å². The molecule has 0 radical (unpaired) electrons. The van der Waals surface area contributed by atoms with Crippen LogP contribution >= 0.6 is 0 Å². The second kappa shape index (κ2) is 19.7. The molecule has 180 valence electrons. The summed E-state index contributed by atoms with van der Waals surface area (Å²) in [6, 6.07) is 9.70. The average molecular weight is 445 g/mol. The second-order valence-electron chi connectivity index (χ2n) is 8.86. The van der Waals surface area contributed by atoms with Crippen molar-refractivity contribution in [1.82, 2.24) is 0 Å². The van der Waals surface area contributed by atoms with Crippen LogP contribution in [0.25, 0.3) is 0 Å². The van der Waals surface area contributed by atoms with Gasteiger partial charge in [-0.15, -0.1) is 0 Å². The van der Waals surface area contributed by atoms with E-state index in [1.807, 2.05) is 30.3 Å². The zero-order valence-corrected chi connectivity index (χ0v) is 20.2. The summed E-state index contributed by atoms with van der Waals surface area (Å²) in [6.45, 7) is 2.52. The maximum absolute atomic E-state index is 12.0. The van der Waals surface area contributed by atoms with Gasteiger partial charge in [0.25, 0.3) is 0 Å². The SMILES string of the molecule is CCCCCCC(=O)CCCCCCC(=O)CCCCCCC(=O)OCc1ccccc1. The molecule has 0 N–H and O–H groups in total. The summed E-state index contributed by atoms with van der Waals surface area (Å²) in [4.78, 5) is 35.5.